The summed E-state index contributed by atoms with van der Waals surface area (Å²) in [6.45, 7) is 3.18. The number of aliphatic hydroxyl groups is 1. The molecule has 1 unspecified atom stereocenters. The number of likely N-dealkylation sites (N-methyl/N-ethyl adjacent to an activating group) is 1. The van der Waals surface area contributed by atoms with Crippen LogP contribution in [0.5, 0.6) is 0 Å². The number of carbonyl (C=O) groups is 2. The molecule has 6 heteroatoms. The van der Waals surface area contributed by atoms with Gasteiger partial charge in [0, 0.05) is 5.97 Å². The summed E-state index contributed by atoms with van der Waals surface area (Å²) in [4.78, 5) is 22.0. The van der Waals surface area contributed by atoms with Crippen molar-refractivity contribution in [2.24, 2.45) is 5.92 Å². The minimum absolute atomic E-state index is 0.0283. The van der Waals surface area contributed by atoms with E-state index in [-0.39, 0.29) is 11.0 Å². The van der Waals surface area contributed by atoms with Crippen LogP contribution in [-0.2, 0) is 14.3 Å². The zero-order valence-electron chi connectivity index (χ0n) is 11.0. The Labute approximate surface area is 101 Å². The van der Waals surface area contributed by atoms with Crippen LogP contribution in [0.3, 0.4) is 0 Å². The maximum atomic E-state index is 11.4. The maximum Gasteiger partial charge on any atom is 0.311 e. The van der Waals surface area contributed by atoms with Crippen LogP contribution in [0.25, 0.3) is 0 Å². The van der Waals surface area contributed by atoms with Crippen molar-refractivity contribution in [2.75, 3.05) is 27.7 Å². The lowest BCUT2D eigenvalue weighted by Crippen LogP contribution is -2.54. The summed E-state index contributed by atoms with van der Waals surface area (Å²) in [7, 11) is 5.26. The van der Waals surface area contributed by atoms with E-state index in [1.807, 2.05) is 0 Å². The first kappa shape index (κ1) is 15.9. The van der Waals surface area contributed by atoms with Gasteiger partial charge in [-0.3, -0.25) is 4.79 Å². The largest absolute Gasteiger partial charge is 0.550 e. The van der Waals surface area contributed by atoms with Crippen LogP contribution in [0, 0.1) is 5.92 Å². The van der Waals surface area contributed by atoms with Crippen molar-refractivity contribution < 1.29 is 29.0 Å². The molecule has 0 aliphatic rings. The van der Waals surface area contributed by atoms with E-state index in [9.17, 15) is 19.8 Å². The fourth-order valence-corrected chi connectivity index (χ4v) is 1.40. The second-order valence-corrected chi connectivity index (χ2v) is 5.52. The van der Waals surface area contributed by atoms with Crippen LogP contribution in [0.2, 0.25) is 0 Å². The standard InChI is InChI=1S/C11H21NO5/c1-8(2)10(15)17-11(16,6-9(13)14)7-12(3,4)5/h8,16H,6-7H2,1-5H3. The molecule has 0 heterocycles. The van der Waals surface area contributed by atoms with Gasteiger partial charge in [0.15, 0.2) is 0 Å². The molecule has 0 bridgehead atoms. The lowest BCUT2D eigenvalue weighted by molar-refractivity contribution is -0.880. The van der Waals surface area contributed by atoms with E-state index in [1.54, 1.807) is 35.0 Å². The van der Waals surface area contributed by atoms with Crippen molar-refractivity contribution in [1.82, 2.24) is 0 Å². The molecule has 6 nitrogen and oxygen atoms in total. The monoisotopic (exact) mass is 247 g/mol. The second-order valence-electron chi connectivity index (χ2n) is 5.52. The maximum absolute atomic E-state index is 11.4. The van der Waals surface area contributed by atoms with Gasteiger partial charge < -0.3 is 24.2 Å². The van der Waals surface area contributed by atoms with Crippen molar-refractivity contribution in [3.05, 3.63) is 0 Å². The average Bonchev–Trinajstić information content (AvgIpc) is 1.96. The Morgan fingerprint density at radius 1 is 1.35 bits per heavy atom. The number of hydrogen-bond acceptors (Lipinski definition) is 5. The van der Waals surface area contributed by atoms with Crippen molar-refractivity contribution in [3.63, 3.8) is 0 Å². The molecule has 0 saturated carbocycles. The molecule has 0 spiro atoms. The Balaban J connectivity index is 4.84. The van der Waals surface area contributed by atoms with Crippen molar-refractivity contribution in [1.29, 1.82) is 0 Å². The first-order valence-electron chi connectivity index (χ1n) is 5.41. The zero-order valence-corrected chi connectivity index (χ0v) is 11.0. The molecule has 0 amide bonds. The highest BCUT2D eigenvalue weighted by Crippen LogP contribution is 2.18. The topological polar surface area (TPSA) is 86.7 Å². The van der Waals surface area contributed by atoms with Gasteiger partial charge in [0.2, 0.25) is 0 Å². The Morgan fingerprint density at radius 3 is 2.12 bits per heavy atom. The van der Waals surface area contributed by atoms with Gasteiger partial charge in [-0.15, -0.1) is 0 Å². The first-order valence-corrected chi connectivity index (χ1v) is 5.41. The van der Waals surface area contributed by atoms with E-state index in [4.69, 9.17) is 4.74 Å². The van der Waals surface area contributed by atoms with Crippen LogP contribution in [0.1, 0.15) is 20.3 Å². The van der Waals surface area contributed by atoms with Crippen LogP contribution in [0.4, 0.5) is 0 Å². The quantitative estimate of drug-likeness (QED) is 0.359. The zero-order chi connectivity index (χ0) is 13.9. The smallest absolute Gasteiger partial charge is 0.311 e. The molecular formula is C11H21NO5. The SMILES string of the molecule is CC(C)C(=O)OC(O)(CC(=O)[O-])C[N+](C)(C)C. The lowest BCUT2D eigenvalue weighted by Gasteiger charge is -2.35. The fourth-order valence-electron chi connectivity index (χ4n) is 1.40. The Hall–Kier alpha value is -1.14. The van der Waals surface area contributed by atoms with Crippen LogP contribution in [-0.4, -0.2) is 55.0 Å². The molecule has 1 atom stereocenters. The number of quaternary nitrogens is 1. The minimum Gasteiger partial charge on any atom is -0.550 e. The molecule has 0 radical (unpaired) electrons. The molecule has 0 fully saturated rings. The Morgan fingerprint density at radius 2 is 1.82 bits per heavy atom. The third kappa shape index (κ3) is 6.91. The Kier molecular flexibility index (Phi) is 5.10. The van der Waals surface area contributed by atoms with Gasteiger partial charge in [-0.25, -0.2) is 0 Å². The average molecular weight is 247 g/mol. The van der Waals surface area contributed by atoms with Gasteiger partial charge in [0.05, 0.1) is 33.5 Å². The summed E-state index contributed by atoms with van der Waals surface area (Å²) in [6.07, 6.45) is -0.735. The number of nitrogens with zero attached hydrogens (tertiary/aromatic N) is 1. The number of carboxylic acid groups (broad SMARTS) is 1. The predicted octanol–water partition coefficient (Wildman–Crippen LogP) is -1.28. The second kappa shape index (κ2) is 5.46. The molecule has 0 aromatic heterocycles. The van der Waals surface area contributed by atoms with E-state index in [2.05, 4.69) is 0 Å². The molecule has 0 saturated heterocycles. The number of rotatable bonds is 6. The molecule has 0 rings (SSSR count). The van der Waals surface area contributed by atoms with Gasteiger partial charge >= 0.3 is 5.97 Å². The van der Waals surface area contributed by atoms with Gasteiger partial charge in [-0.05, 0) is 0 Å². The molecule has 0 aliphatic carbocycles. The first-order chi connectivity index (χ1) is 7.45. The Bertz CT molecular complexity index is 295. The molecule has 100 valence electrons. The van der Waals surface area contributed by atoms with E-state index >= 15 is 0 Å². The number of carboxylic acids is 1. The molecule has 0 aromatic carbocycles. The summed E-state index contributed by atoms with van der Waals surface area (Å²) in [5.41, 5.74) is 0. The number of hydrogen-bond donors (Lipinski definition) is 1. The summed E-state index contributed by atoms with van der Waals surface area (Å²) in [6, 6.07) is 0. The van der Waals surface area contributed by atoms with E-state index in [0.717, 1.165) is 0 Å². The normalized spacial score (nSPS) is 15.5. The highest BCUT2D eigenvalue weighted by molar-refractivity contribution is 5.73. The van der Waals surface area contributed by atoms with Crippen LogP contribution < -0.4 is 5.11 Å². The summed E-state index contributed by atoms with van der Waals surface area (Å²) < 4.78 is 5.13. The fraction of sp³-hybridized carbons (Fsp3) is 0.818. The lowest BCUT2D eigenvalue weighted by atomic mass is 10.1. The van der Waals surface area contributed by atoms with E-state index < -0.39 is 30.1 Å². The van der Waals surface area contributed by atoms with Gasteiger partial charge in [-0.1, -0.05) is 13.8 Å². The van der Waals surface area contributed by atoms with Crippen molar-refractivity contribution in [3.8, 4) is 0 Å². The van der Waals surface area contributed by atoms with Gasteiger partial charge in [0.25, 0.3) is 5.79 Å². The van der Waals surface area contributed by atoms with Crippen LogP contribution >= 0.6 is 0 Å². The van der Waals surface area contributed by atoms with Crippen molar-refractivity contribution >= 4 is 11.9 Å². The van der Waals surface area contributed by atoms with Crippen molar-refractivity contribution in [2.45, 2.75) is 26.1 Å². The highest BCUT2D eigenvalue weighted by atomic mass is 16.7. The molecule has 0 aromatic rings. The molecule has 17 heavy (non-hydrogen) atoms. The molecule has 1 N–H and O–H groups in total. The van der Waals surface area contributed by atoms with Gasteiger partial charge in [-0.2, -0.15) is 0 Å². The van der Waals surface area contributed by atoms with E-state index in [0.29, 0.717) is 0 Å². The number of carbonyl (C=O) groups excluding carboxylic acids is 2. The number of esters is 1. The summed E-state index contributed by atoms with van der Waals surface area (Å²) in [5.74, 6) is -4.56. The number of ether oxygens (including phenoxy) is 1. The van der Waals surface area contributed by atoms with Gasteiger partial charge in [0.1, 0.15) is 6.54 Å². The molecule has 0 aliphatic heterocycles. The van der Waals surface area contributed by atoms with E-state index in [1.165, 1.54) is 0 Å². The summed E-state index contributed by atoms with van der Waals surface area (Å²) in [5, 5.41) is 20.6. The third-order valence-corrected chi connectivity index (χ3v) is 1.90. The predicted molar refractivity (Wildman–Crippen MR) is 58.4 cm³/mol. The number of aliphatic carboxylic acids is 1. The minimum atomic E-state index is -2.03. The third-order valence-electron chi connectivity index (χ3n) is 1.90. The summed E-state index contributed by atoms with van der Waals surface area (Å²) >= 11 is 0. The highest BCUT2D eigenvalue weighted by Gasteiger charge is 2.38. The van der Waals surface area contributed by atoms with Crippen LogP contribution in [0.15, 0.2) is 0 Å². The molecular weight excluding hydrogens is 226 g/mol.